The van der Waals surface area contributed by atoms with Crippen molar-refractivity contribution in [2.24, 2.45) is 5.41 Å². The van der Waals surface area contributed by atoms with Crippen molar-refractivity contribution in [3.8, 4) is 22.8 Å². The molecule has 0 saturated carbocycles. The maximum absolute atomic E-state index is 12.4. The van der Waals surface area contributed by atoms with Crippen LogP contribution in [0.15, 0.2) is 88.9 Å². The van der Waals surface area contributed by atoms with Gasteiger partial charge in [0.1, 0.15) is 12.4 Å². The SMILES string of the molecule is COc1ccc(-c2ccc(Cn3c(CC(C)(C)C(=O)O)c(SC(C)(C)C)c4cc(OCc5ccc(S(C)(=O)=O)cn5)ccc43)cc2)cn1. The van der Waals surface area contributed by atoms with Gasteiger partial charge in [0.2, 0.25) is 5.88 Å². The fourth-order valence-corrected chi connectivity index (χ4v) is 6.99. The van der Waals surface area contributed by atoms with Crippen LogP contribution in [0.2, 0.25) is 0 Å². The van der Waals surface area contributed by atoms with Crippen LogP contribution < -0.4 is 9.47 Å². The minimum absolute atomic E-state index is 0.155. The molecule has 0 aliphatic heterocycles. The number of carboxylic acids is 1. The van der Waals surface area contributed by atoms with Crippen molar-refractivity contribution in [2.45, 2.75) is 68.7 Å². The zero-order chi connectivity index (χ0) is 34.9. The Bertz CT molecular complexity index is 2030. The summed E-state index contributed by atoms with van der Waals surface area (Å²) in [6.07, 6.45) is 4.61. The van der Waals surface area contributed by atoms with Gasteiger partial charge in [-0.25, -0.2) is 13.4 Å². The number of carboxylic acid groups (broad SMARTS) is 1. The molecule has 0 atom stereocenters. The third-order valence-corrected chi connectivity index (χ3v) is 10.2. The summed E-state index contributed by atoms with van der Waals surface area (Å²) in [4.78, 5) is 22.2. The van der Waals surface area contributed by atoms with Gasteiger partial charge in [-0.05, 0) is 61.4 Å². The first-order valence-electron chi connectivity index (χ1n) is 15.5. The zero-order valence-corrected chi connectivity index (χ0v) is 29.9. The first-order chi connectivity index (χ1) is 22.5. The van der Waals surface area contributed by atoms with Crippen molar-refractivity contribution in [3.05, 3.63) is 96.1 Å². The summed E-state index contributed by atoms with van der Waals surface area (Å²) in [5.74, 6) is 0.330. The first kappa shape index (κ1) is 35.0. The van der Waals surface area contributed by atoms with Gasteiger partial charge in [-0.1, -0.05) is 45.0 Å². The Morgan fingerprint density at radius 3 is 2.19 bits per heavy atom. The van der Waals surface area contributed by atoms with Crippen LogP contribution in [0.3, 0.4) is 0 Å². The number of nitrogens with zero attached hydrogens (tertiary/aromatic N) is 3. The quantitative estimate of drug-likeness (QED) is 0.132. The van der Waals surface area contributed by atoms with Gasteiger partial charge in [-0.2, -0.15) is 0 Å². The summed E-state index contributed by atoms with van der Waals surface area (Å²) < 4.78 is 37.1. The molecule has 48 heavy (non-hydrogen) atoms. The number of fused-ring (bicyclic) bond motifs is 1. The van der Waals surface area contributed by atoms with Gasteiger partial charge in [0, 0.05) is 69.5 Å². The molecular weight excluding hydrogens is 647 g/mol. The predicted molar refractivity (Wildman–Crippen MR) is 190 cm³/mol. The molecule has 0 radical (unpaired) electrons. The monoisotopic (exact) mass is 687 g/mol. The number of aliphatic carboxylic acids is 1. The Morgan fingerprint density at radius 1 is 0.917 bits per heavy atom. The molecule has 0 bridgehead atoms. The van der Waals surface area contributed by atoms with E-state index in [0.29, 0.717) is 30.3 Å². The van der Waals surface area contributed by atoms with Crippen LogP contribution in [0.25, 0.3) is 22.0 Å². The molecule has 252 valence electrons. The first-order valence-corrected chi connectivity index (χ1v) is 18.2. The molecule has 0 unspecified atom stereocenters. The van der Waals surface area contributed by atoms with Crippen LogP contribution in [0, 0.1) is 5.41 Å². The highest BCUT2D eigenvalue weighted by Crippen LogP contribution is 2.44. The Labute approximate surface area is 286 Å². The maximum Gasteiger partial charge on any atom is 0.309 e. The number of hydrogen-bond donors (Lipinski definition) is 1. The van der Waals surface area contributed by atoms with Crippen LogP contribution in [0.5, 0.6) is 11.6 Å². The van der Waals surface area contributed by atoms with Crippen molar-refractivity contribution in [1.82, 2.24) is 14.5 Å². The van der Waals surface area contributed by atoms with Gasteiger partial charge in [0.25, 0.3) is 0 Å². The van der Waals surface area contributed by atoms with Crippen LogP contribution in [-0.4, -0.2) is 52.1 Å². The Hall–Kier alpha value is -4.35. The van der Waals surface area contributed by atoms with Gasteiger partial charge in [-0.3, -0.25) is 9.78 Å². The normalized spacial score (nSPS) is 12.3. The molecule has 0 amide bonds. The standard InChI is InChI=1S/C37H41N3O6S2/c1-36(2,3)47-34-30-18-28(46-23-27-13-15-29(21-38-27)48(7,43)44)14-16-31(30)40(32(34)19-37(4,5)35(41)42)22-24-8-10-25(11-9-24)26-12-17-33(45-6)39-20-26/h8-18,20-21H,19,22-23H2,1-7H3,(H,41,42). The summed E-state index contributed by atoms with van der Waals surface area (Å²) in [6, 6.07) is 21.2. The minimum Gasteiger partial charge on any atom is -0.487 e. The van der Waals surface area contributed by atoms with E-state index < -0.39 is 21.2 Å². The summed E-state index contributed by atoms with van der Waals surface area (Å²) in [5.41, 5.74) is 4.61. The van der Waals surface area contributed by atoms with E-state index in [9.17, 15) is 18.3 Å². The Kier molecular flexibility index (Phi) is 9.94. The molecule has 0 saturated heterocycles. The number of hydrogen-bond acceptors (Lipinski definition) is 8. The van der Waals surface area contributed by atoms with Gasteiger partial charge < -0.3 is 19.1 Å². The number of ether oxygens (including phenoxy) is 2. The predicted octanol–water partition coefficient (Wildman–Crippen LogP) is 7.68. The second kappa shape index (κ2) is 13.6. The van der Waals surface area contributed by atoms with Crippen LogP contribution in [-0.2, 0) is 34.2 Å². The fourth-order valence-electron chi connectivity index (χ4n) is 5.25. The lowest BCUT2D eigenvalue weighted by Crippen LogP contribution is -2.28. The average Bonchev–Trinajstić information content (AvgIpc) is 3.29. The van der Waals surface area contributed by atoms with Crippen molar-refractivity contribution >= 4 is 38.5 Å². The lowest BCUT2D eigenvalue weighted by atomic mass is 9.88. The number of methoxy groups -OCH3 is 1. The van der Waals surface area contributed by atoms with Gasteiger partial charge in [0.05, 0.1) is 23.1 Å². The van der Waals surface area contributed by atoms with Crippen LogP contribution in [0.1, 0.15) is 51.6 Å². The lowest BCUT2D eigenvalue weighted by Gasteiger charge is -2.24. The number of carbonyl (C=O) groups is 1. The van der Waals surface area contributed by atoms with Gasteiger partial charge >= 0.3 is 5.97 Å². The third-order valence-electron chi connectivity index (χ3n) is 7.87. The molecule has 11 heteroatoms. The van der Waals surface area contributed by atoms with Crippen molar-refractivity contribution in [3.63, 3.8) is 0 Å². The van der Waals surface area contributed by atoms with Gasteiger partial charge in [-0.15, -0.1) is 11.8 Å². The lowest BCUT2D eigenvalue weighted by molar-refractivity contribution is -0.146. The second-order valence-electron chi connectivity index (χ2n) is 13.5. The molecule has 0 fully saturated rings. The zero-order valence-electron chi connectivity index (χ0n) is 28.3. The van der Waals surface area contributed by atoms with E-state index in [1.807, 2.05) is 30.3 Å². The largest absolute Gasteiger partial charge is 0.487 e. The number of benzene rings is 2. The van der Waals surface area contributed by atoms with E-state index in [2.05, 4.69) is 59.6 Å². The van der Waals surface area contributed by atoms with Crippen LogP contribution >= 0.6 is 11.8 Å². The van der Waals surface area contributed by atoms with E-state index in [0.717, 1.165) is 44.4 Å². The molecule has 0 aliphatic carbocycles. The van der Waals surface area contributed by atoms with Gasteiger partial charge in [0.15, 0.2) is 9.84 Å². The minimum atomic E-state index is -3.34. The topological polar surface area (TPSA) is 121 Å². The summed E-state index contributed by atoms with van der Waals surface area (Å²) in [5, 5.41) is 11.1. The van der Waals surface area contributed by atoms with Crippen molar-refractivity contribution in [2.75, 3.05) is 13.4 Å². The highest BCUT2D eigenvalue weighted by molar-refractivity contribution is 8.00. The number of rotatable bonds is 12. The van der Waals surface area contributed by atoms with Crippen LogP contribution in [0.4, 0.5) is 0 Å². The summed E-state index contributed by atoms with van der Waals surface area (Å²) in [7, 11) is -1.75. The second-order valence-corrected chi connectivity index (χ2v) is 17.3. The van der Waals surface area contributed by atoms with E-state index in [-0.39, 0.29) is 16.2 Å². The molecule has 0 aliphatic rings. The Balaban J connectivity index is 1.54. The summed E-state index contributed by atoms with van der Waals surface area (Å²) in [6.45, 7) is 10.7. The maximum atomic E-state index is 12.4. The molecule has 5 rings (SSSR count). The Morgan fingerprint density at radius 2 is 1.62 bits per heavy atom. The highest BCUT2D eigenvalue weighted by atomic mass is 32.2. The van der Waals surface area contributed by atoms with Crippen molar-refractivity contribution < 1.29 is 27.8 Å². The molecule has 3 heterocycles. The van der Waals surface area contributed by atoms with E-state index in [1.54, 1.807) is 45.0 Å². The smallest absolute Gasteiger partial charge is 0.309 e. The number of thioether (sulfide) groups is 1. The molecule has 1 N–H and O–H groups in total. The highest BCUT2D eigenvalue weighted by Gasteiger charge is 2.33. The molecular formula is C37H41N3O6S2. The van der Waals surface area contributed by atoms with E-state index in [4.69, 9.17) is 9.47 Å². The number of aromatic nitrogens is 3. The van der Waals surface area contributed by atoms with E-state index in [1.165, 1.54) is 12.3 Å². The average molecular weight is 688 g/mol. The van der Waals surface area contributed by atoms with Crippen molar-refractivity contribution in [1.29, 1.82) is 0 Å². The molecule has 3 aromatic heterocycles. The molecule has 2 aromatic carbocycles. The molecule has 0 spiro atoms. The molecule has 5 aromatic rings. The molecule has 9 nitrogen and oxygen atoms in total. The number of sulfone groups is 1. The third kappa shape index (κ3) is 8.19. The van der Waals surface area contributed by atoms with E-state index >= 15 is 0 Å². The summed E-state index contributed by atoms with van der Waals surface area (Å²) >= 11 is 1.71. The number of pyridine rings is 2. The fraction of sp³-hybridized carbons (Fsp3) is 0.324.